The normalized spacial score (nSPS) is 9.68. The van der Waals surface area contributed by atoms with Gasteiger partial charge in [0.15, 0.2) is 4.77 Å². The van der Waals surface area contributed by atoms with Gasteiger partial charge in [0.2, 0.25) is 0 Å². The van der Waals surface area contributed by atoms with Gasteiger partial charge in [0.05, 0.1) is 10.0 Å². The summed E-state index contributed by atoms with van der Waals surface area (Å²) in [5, 5.41) is 2.08. The maximum atomic E-state index is 5.68. The minimum atomic E-state index is 0.435. The minimum Gasteiger partial charge on any atom is -0.385 e. The van der Waals surface area contributed by atoms with Gasteiger partial charge in [-0.05, 0) is 43.1 Å². The highest BCUT2D eigenvalue weighted by Crippen LogP contribution is 2.21. The lowest BCUT2D eigenvalue weighted by Gasteiger charge is -1.95. The molecule has 3 nitrogen and oxygen atoms in total. The van der Waals surface area contributed by atoms with E-state index in [1.165, 1.54) is 11.8 Å². The van der Waals surface area contributed by atoms with Crippen LogP contribution in [0.3, 0.4) is 0 Å². The van der Waals surface area contributed by atoms with Crippen LogP contribution in [0.2, 0.25) is 10.0 Å². The Morgan fingerprint density at radius 2 is 1.95 bits per heavy atom. The molecule has 0 saturated carbocycles. The molecule has 1 aromatic heterocycles. The second kappa shape index (κ2) is 7.75. The summed E-state index contributed by atoms with van der Waals surface area (Å²) in [5.74, 6) is 0.560. The van der Waals surface area contributed by atoms with E-state index < -0.39 is 0 Å². The monoisotopic (exact) mass is 333 g/mol. The van der Waals surface area contributed by atoms with E-state index in [0.29, 0.717) is 20.6 Å². The zero-order chi connectivity index (χ0) is 14.4. The van der Waals surface area contributed by atoms with E-state index in [9.17, 15) is 0 Å². The van der Waals surface area contributed by atoms with Crippen molar-refractivity contribution in [3.63, 3.8) is 0 Å². The Kier molecular flexibility index (Phi) is 6.65. The molecule has 0 bridgehead atoms. The second-order valence-corrected chi connectivity index (χ2v) is 5.63. The Morgan fingerprint density at radius 3 is 2.42 bits per heavy atom. The third-order valence-corrected chi connectivity index (χ3v) is 3.59. The molecule has 19 heavy (non-hydrogen) atoms. The fourth-order valence-corrected chi connectivity index (χ4v) is 2.21. The highest BCUT2D eigenvalue weighted by Gasteiger charge is 1.93. The van der Waals surface area contributed by atoms with Crippen molar-refractivity contribution in [1.82, 2.24) is 9.97 Å². The van der Waals surface area contributed by atoms with E-state index in [2.05, 4.69) is 9.97 Å². The molecular formula is C12H13Cl2N3S2. The van der Waals surface area contributed by atoms with E-state index in [0.717, 1.165) is 10.6 Å². The molecule has 0 fully saturated rings. The lowest BCUT2D eigenvalue weighted by molar-refractivity contribution is 1.03. The summed E-state index contributed by atoms with van der Waals surface area (Å²) in [4.78, 5) is 6.71. The Balaban J connectivity index is 0.000000191. The molecule has 0 aliphatic rings. The van der Waals surface area contributed by atoms with Crippen molar-refractivity contribution in [1.29, 1.82) is 0 Å². The Labute approximate surface area is 131 Å². The summed E-state index contributed by atoms with van der Waals surface area (Å²) in [5.41, 5.74) is 6.59. The smallest absolute Gasteiger partial charge is 0.199 e. The number of benzene rings is 1. The highest BCUT2D eigenvalue weighted by atomic mass is 35.5. The zero-order valence-corrected chi connectivity index (χ0v) is 13.6. The number of hydrogen-bond donors (Lipinski definition) is 2. The standard InChI is InChI=1S/C7H6Cl2.C5H7N3S2/c1-5-2-3-6(8)7(9)4-5;1-10-4-2-3(6)7-5(9)8-4/h2-4H,1H3;2H,1H3,(H3,6,7,8,9). The molecule has 0 amide bonds. The van der Waals surface area contributed by atoms with Gasteiger partial charge in [0.25, 0.3) is 0 Å². The van der Waals surface area contributed by atoms with E-state index in [-0.39, 0.29) is 0 Å². The van der Waals surface area contributed by atoms with Crippen LogP contribution < -0.4 is 5.73 Å². The SMILES string of the molecule is CSc1cc(N)[nH]c(=S)n1.Cc1ccc(Cl)c(Cl)c1. The van der Waals surface area contributed by atoms with E-state index in [1.807, 2.05) is 25.3 Å². The quantitative estimate of drug-likeness (QED) is 0.449. The topological polar surface area (TPSA) is 54.7 Å². The van der Waals surface area contributed by atoms with Crippen LogP contribution in [0, 0.1) is 11.7 Å². The van der Waals surface area contributed by atoms with E-state index in [4.69, 9.17) is 41.2 Å². The molecule has 3 N–H and O–H groups in total. The average Bonchev–Trinajstić information content (AvgIpc) is 2.34. The maximum absolute atomic E-state index is 5.68. The number of aromatic amines is 1. The summed E-state index contributed by atoms with van der Waals surface area (Å²) in [6.07, 6.45) is 1.93. The van der Waals surface area contributed by atoms with Crippen molar-refractivity contribution in [2.45, 2.75) is 11.9 Å². The van der Waals surface area contributed by atoms with E-state index in [1.54, 1.807) is 12.1 Å². The number of nitrogen functional groups attached to an aromatic ring is 1. The van der Waals surface area contributed by atoms with Crippen LogP contribution in [0.4, 0.5) is 5.82 Å². The molecular weight excluding hydrogens is 321 g/mol. The number of nitrogens with two attached hydrogens (primary N) is 1. The van der Waals surface area contributed by atoms with Crippen LogP contribution in [0.15, 0.2) is 29.3 Å². The third-order valence-electron chi connectivity index (χ3n) is 2.03. The lowest BCUT2D eigenvalue weighted by atomic mass is 10.2. The Morgan fingerprint density at radius 1 is 1.26 bits per heavy atom. The van der Waals surface area contributed by atoms with Crippen LogP contribution in [0.5, 0.6) is 0 Å². The second-order valence-electron chi connectivity index (χ2n) is 3.60. The van der Waals surface area contributed by atoms with Crippen LogP contribution in [-0.4, -0.2) is 16.2 Å². The summed E-state index contributed by atoms with van der Waals surface area (Å²) in [6, 6.07) is 7.30. The van der Waals surface area contributed by atoms with Gasteiger partial charge >= 0.3 is 0 Å². The molecule has 0 spiro atoms. The summed E-state index contributed by atoms with van der Waals surface area (Å²) >= 11 is 17.6. The number of H-pyrrole nitrogens is 1. The first-order valence-electron chi connectivity index (χ1n) is 5.25. The first kappa shape index (κ1) is 16.3. The van der Waals surface area contributed by atoms with Crippen molar-refractivity contribution < 1.29 is 0 Å². The van der Waals surface area contributed by atoms with Gasteiger partial charge in [0, 0.05) is 6.07 Å². The number of hydrogen-bond acceptors (Lipinski definition) is 4. The molecule has 2 aromatic rings. The molecule has 0 unspecified atom stereocenters. The molecule has 0 radical (unpaired) electrons. The minimum absolute atomic E-state index is 0.435. The molecule has 1 heterocycles. The van der Waals surface area contributed by atoms with Gasteiger partial charge in [-0.3, -0.25) is 0 Å². The van der Waals surface area contributed by atoms with Gasteiger partial charge in [0.1, 0.15) is 10.8 Å². The number of aryl methyl sites for hydroxylation is 1. The summed E-state index contributed by atoms with van der Waals surface area (Å²) < 4.78 is 0.435. The predicted molar refractivity (Wildman–Crippen MR) is 86.8 cm³/mol. The van der Waals surface area contributed by atoms with Gasteiger partial charge in [-0.1, -0.05) is 29.3 Å². The largest absolute Gasteiger partial charge is 0.385 e. The first-order valence-corrected chi connectivity index (χ1v) is 7.63. The number of halogens is 2. The van der Waals surface area contributed by atoms with Crippen LogP contribution >= 0.6 is 47.2 Å². The number of nitrogens with one attached hydrogen (secondary N) is 1. The van der Waals surface area contributed by atoms with Crippen LogP contribution in [-0.2, 0) is 0 Å². The fraction of sp³-hybridized carbons (Fsp3) is 0.167. The van der Waals surface area contributed by atoms with Gasteiger partial charge in [-0.15, -0.1) is 11.8 Å². The molecule has 0 atom stereocenters. The van der Waals surface area contributed by atoms with Crippen molar-refractivity contribution in [2.75, 3.05) is 12.0 Å². The molecule has 7 heteroatoms. The third kappa shape index (κ3) is 5.82. The Bertz CT molecular complexity index is 614. The number of rotatable bonds is 1. The predicted octanol–water partition coefficient (Wildman–Crippen LogP) is 4.75. The molecule has 1 aromatic carbocycles. The van der Waals surface area contributed by atoms with E-state index >= 15 is 0 Å². The van der Waals surface area contributed by atoms with Crippen LogP contribution in [0.1, 0.15) is 5.56 Å². The number of aromatic nitrogens is 2. The molecule has 102 valence electrons. The number of nitrogens with zero attached hydrogens (tertiary/aromatic N) is 1. The van der Waals surface area contributed by atoms with Gasteiger partial charge in [-0.2, -0.15) is 0 Å². The molecule has 0 aliphatic heterocycles. The number of thioether (sulfide) groups is 1. The number of anilines is 1. The Hall–Kier alpha value is -0.750. The lowest BCUT2D eigenvalue weighted by Crippen LogP contribution is -1.92. The maximum Gasteiger partial charge on any atom is 0.199 e. The van der Waals surface area contributed by atoms with Crippen molar-refractivity contribution in [3.05, 3.63) is 44.6 Å². The van der Waals surface area contributed by atoms with Gasteiger partial charge < -0.3 is 10.7 Å². The van der Waals surface area contributed by atoms with Crippen molar-refractivity contribution in [2.24, 2.45) is 0 Å². The van der Waals surface area contributed by atoms with Gasteiger partial charge in [-0.25, -0.2) is 4.98 Å². The average molecular weight is 334 g/mol. The first-order chi connectivity index (χ1) is 8.92. The molecule has 0 saturated heterocycles. The zero-order valence-electron chi connectivity index (χ0n) is 10.4. The van der Waals surface area contributed by atoms with Crippen molar-refractivity contribution >= 4 is 53.0 Å². The molecule has 0 aliphatic carbocycles. The van der Waals surface area contributed by atoms with Crippen LogP contribution in [0.25, 0.3) is 0 Å². The fourth-order valence-electron chi connectivity index (χ4n) is 1.16. The van der Waals surface area contributed by atoms with Crippen molar-refractivity contribution in [3.8, 4) is 0 Å². The summed E-state index contributed by atoms with van der Waals surface area (Å²) in [6.45, 7) is 1.97. The summed E-state index contributed by atoms with van der Waals surface area (Å²) in [7, 11) is 0. The molecule has 2 rings (SSSR count). The highest BCUT2D eigenvalue weighted by molar-refractivity contribution is 7.98.